The molecule has 1 rings (SSSR count). The van der Waals surface area contributed by atoms with E-state index in [2.05, 4.69) is 6.58 Å². The average molecular weight is 330 g/mol. The van der Waals surface area contributed by atoms with Crippen LogP contribution in [-0.2, 0) is 12.8 Å². The second-order valence-electron chi connectivity index (χ2n) is 5.89. The summed E-state index contributed by atoms with van der Waals surface area (Å²) in [5, 5.41) is 20.0. The number of ether oxygens (including phenoxy) is 1. The molecule has 1 aromatic carbocycles. The van der Waals surface area contributed by atoms with Crippen LogP contribution in [0.2, 0.25) is 0 Å². The summed E-state index contributed by atoms with van der Waals surface area (Å²) >= 11 is 0. The predicted octanol–water partition coefficient (Wildman–Crippen LogP) is 4.67. The van der Waals surface area contributed by atoms with Crippen molar-refractivity contribution in [3.63, 3.8) is 0 Å². The quantitative estimate of drug-likeness (QED) is 0.537. The Hall–Kier alpha value is -2.49. The molecule has 0 aliphatic carbocycles. The fourth-order valence-electron chi connectivity index (χ4n) is 2.47. The number of hydrogen-bond acceptors (Lipinski definition) is 3. The van der Waals surface area contributed by atoms with Gasteiger partial charge < -0.3 is 14.9 Å². The Labute approximate surface area is 143 Å². The highest BCUT2D eigenvalue weighted by Crippen LogP contribution is 2.36. The van der Waals surface area contributed by atoms with E-state index in [4.69, 9.17) is 4.74 Å². The highest BCUT2D eigenvalue weighted by atomic mass is 16.5. The Bertz CT molecular complexity index is 677. The number of aryl methyl sites for hydroxylation is 1. The van der Waals surface area contributed by atoms with Crippen molar-refractivity contribution in [2.75, 3.05) is 7.11 Å². The Morgan fingerprint density at radius 1 is 1.38 bits per heavy atom. The molecular weight excluding hydrogens is 304 g/mol. The molecule has 4 heteroatoms. The Kier molecular flexibility index (Phi) is 7.31. The summed E-state index contributed by atoms with van der Waals surface area (Å²) in [6.45, 7) is 9.73. The van der Waals surface area contributed by atoms with Gasteiger partial charge >= 0.3 is 5.97 Å². The van der Waals surface area contributed by atoms with Crippen LogP contribution in [0.4, 0.5) is 0 Å². The van der Waals surface area contributed by atoms with Gasteiger partial charge in [-0.15, -0.1) is 0 Å². The molecule has 0 fully saturated rings. The minimum absolute atomic E-state index is 0.0544. The second kappa shape index (κ2) is 8.96. The normalized spacial score (nSPS) is 10.7. The fourth-order valence-corrected chi connectivity index (χ4v) is 2.47. The molecule has 0 aromatic heterocycles. The summed E-state index contributed by atoms with van der Waals surface area (Å²) in [6, 6.07) is 1.71. The van der Waals surface area contributed by atoms with E-state index in [0.717, 1.165) is 11.1 Å². The van der Waals surface area contributed by atoms with Crippen LogP contribution in [0.1, 0.15) is 48.7 Å². The molecular formula is C20H26O4. The van der Waals surface area contributed by atoms with Gasteiger partial charge in [0.1, 0.15) is 17.1 Å². The molecule has 1 aromatic rings. The van der Waals surface area contributed by atoms with E-state index in [-0.39, 0.29) is 11.3 Å². The van der Waals surface area contributed by atoms with E-state index in [1.54, 1.807) is 6.07 Å². The molecule has 24 heavy (non-hydrogen) atoms. The first-order chi connectivity index (χ1) is 11.3. The number of benzene rings is 1. The number of aromatic hydroxyl groups is 1. The minimum atomic E-state index is -1.14. The molecule has 4 nitrogen and oxygen atoms in total. The number of carboxylic acids is 1. The number of carbonyl (C=O) groups is 1. The van der Waals surface area contributed by atoms with E-state index in [1.165, 1.54) is 7.11 Å². The van der Waals surface area contributed by atoms with Crippen molar-refractivity contribution in [3.8, 4) is 11.5 Å². The van der Waals surface area contributed by atoms with Gasteiger partial charge in [0.2, 0.25) is 0 Å². The summed E-state index contributed by atoms with van der Waals surface area (Å²) in [5.74, 6) is -0.854. The summed E-state index contributed by atoms with van der Waals surface area (Å²) in [7, 11) is 1.52. The number of methoxy groups -OCH3 is 1. The van der Waals surface area contributed by atoms with Crippen LogP contribution < -0.4 is 4.74 Å². The lowest BCUT2D eigenvalue weighted by Crippen LogP contribution is -2.07. The lowest BCUT2D eigenvalue weighted by Gasteiger charge is -2.16. The average Bonchev–Trinajstić information content (AvgIpc) is 2.50. The van der Waals surface area contributed by atoms with Crippen LogP contribution in [0.3, 0.4) is 0 Å². The van der Waals surface area contributed by atoms with Gasteiger partial charge in [-0.25, -0.2) is 4.79 Å². The summed E-state index contributed by atoms with van der Waals surface area (Å²) in [6.07, 6.45) is 7.21. The maximum Gasteiger partial charge on any atom is 0.339 e. The topological polar surface area (TPSA) is 66.8 Å². The van der Waals surface area contributed by atoms with Gasteiger partial charge in [0, 0.05) is 5.56 Å². The lowest BCUT2D eigenvalue weighted by atomic mass is 9.94. The van der Waals surface area contributed by atoms with Crippen molar-refractivity contribution in [2.24, 2.45) is 0 Å². The second-order valence-corrected chi connectivity index (χ2v) is 5.89. The van der Waals surface area contributed by atoms with Gasteiger partial charge in [-0.3, -0.25) is 0 Å². The van der Waals surface area contributed by atoms with Crippen LogP contribution in [-0.4, -0.2) is 23.3 Å². The SMILES string of the molecule is C=C(/C=C\C)CCc1cc(OC)c(CC=C(C)C)c(O)c1C(=O)O. The fraction of sp³-hybridized carbons (Fsp3) is 0.350. The highest BCUT2D eigenvalue weighted by Gasteiger charge is 2.22. The number of phenols is 1. The van der Waals surface area contributed by atoms with Gasteiger partial charge in [-0.2, -0.15) is 0 Å². The van der Waals surface area contributed by atoms with Crippen molar-refractivity contribution < 1.29 is 19.7 Å². The molecule has 130 valence electrons. The van der Waals surface area contributed by atoms with Crippen LogP contribution in [0.5, 0.6) is 11.5 Å². The number of rotatable bonds is 8. The van der Waals surface area contributed by atoms with Crippen LogP contribution in [0.25, 0.3) is 0 Å². The van der Waals surface area contributed by atoms with Crippen molar-refractivity contribution in [3.05, 3.63) is 58.7 Å². The van der Waals surface area contributed by atoms with E-state index in [0.29, 0.717) is 36.1 Å². The first-order valence-electron chi connectivity index (χ1n) is 7.90. The predicted molar refractivity (Wildman–Crippen MR) is 97.0 cm³/mol. The standard InChI is InChI=1S/C20H26O4/c1-6-7-14(4)9-10-15-12-17(24-5)16(11-8-13(2)3)19(21)18(15)20(22)23/h6-8,12,21H,4,9-11H2,1-3,5H3,(H,22,23)/b7-6-. The van der Waals surface area contributed by atoms with Gasteiger partial charge in [-0.05, 0) is 51.7 Å². The van der Waals surface area contributed by atoms with Crippen molar-refractivity contribution in [1.29, 1.82) is 0 Å². The maximum absolute atomic E-state index is 11.7. The lowest BCUT2D eigenvalue weighted by molar-refractivity contribution is 0.0692. The van der Waals surface area contributed by atoms with Gasteiger partial charge in [0.05, 0.1) is 7.11 Å². The van der Waals surface area contributed by atoms with E-state index >= 15 is 0 Å². The zero-order chi connectivity index (χ0) is 18.3. The molecule has 0 unspecified atom stereocenters. The summed E-state index contributed by atoms with van der Waals surface area (Å²) in [4.78, 5) is 11.7. The van der Waals surface area contributed by atoms with Crippen molar-refractivity contribution in [2.45, 2.75) is 40.0 Å². The third-order valence-corrected chi connectivity index (χ3v) is 3.71. The third-order valence-electron chi connectivity index (χ3n) is 3.71. The Morgan fingerprint density at radius 2 is 2.04 bits per heavy atom. The smallest absolute Gasteiger partial charge is 0.339 e. The molecule has 0 radical (unpaired) electrons. The molecule has 2 N–H and O–H groups in total. The molecule has 0 aliphatic rings. The molecule has 0 saturated carbocycles. The van der Waals surface area contributed by atoms with Crippen LogP contribution in [0, 0.1) is 0 Å². The largest absolute Gasteiger partial charge is 0.507 e. The number of hydrogen-bond donors (Lipinski definition) is 2. The van der Waals surface area contributed by atoms with Gasteiger partial charge in [-0.1, -0.05) is 36.0 Å². The zero-order valence-electron chi connectivity index (χ0n) is 14.8. The Morgan fingerprint density at radius 3 is 2.54 bits per heavy atom. The summed E-state index contributed by atoms with van der Waals surface area (Å²) in [5.41, 5.74) is 2.97. The molecule has 0 saturated heterocycles. The molecule has 0 amide bonds. The van der Waals surface area contributed by atoms with Gasteiger partial charge in [0.15, 0.2) is 0 Å². The molecule has 0 spiro atoms. The van der Waals surface area contributed by atoms with E-state index < -0.39 is 5.97 Å². The first kappa shape index (κ1) is 19.6. The summed E-state index contributed by atoms with van der Waals surface area (Å²) < 4.78 is 5.37. The minimum Gasteiger partial charge on any atom is -0.507 e. The van der Waals surface area contributed by atoms with Crippen LogP contribution >= 0.6 is 0 Å². The van der Waals surface area contributed by atoms with Crippen molar-refractivity contribution in [1.82, 2.24) is 0 Å². The molecule has 0 atom stereocenters. The van der Waals surface area contributed by atoms with Gasteiger partial charge in [0.25, 0.3) is 0 Å². The highest BCUT2D eigenvalue weighted by molar-refractivity contribution is 5.93. The molecule has 0 bridgehead atoms. The van der Waals surface area contributed by atoms with Crippen LogP contribution in [0.15, 0.2) is 42.0 Å². The van der Waals surface area contributed by atoms with Crippen molar-refractivity contribution >= 4 is 5.97 Å². The monoisotopic (exact) mass is 330 g/mol. The number of carboxylic acid groups (broad SMARTS) is 1. The van der Waals surface area contributed by atoms with E-state index in [1.807, 2.05) is 39.0 Å². The molecule has 0 aliphatic heterocycles. The molecule has 0 heterocycles. The zero-order valence-corrected chi connectivity index (χ0v) is 14.8. The Balaban J connectivity index is 3.33. The number of allylic oxidation sites excluding steroid dienone is 5. The maximum atomic E-state index is 11.7. The third kappa shape index (κ3) is 5.01. The van der Waals surface area contributed by atoms with E-state index in [9.17, 15) is 15.0 Å². The number of aromatic carboxylic acids is 1. The first-order valence-corrected chi connectivity index (χ1v) is 7.90.